The predicted octanol–water partition coefficient (Wildman–Crippen LogP) is 6.96. The quantitative estimate of drug-likeness (QED) is 0.169. The molecule has 6 aliphatic rings. The summed E-state index contributed by atoms with van der Waals surface area (Å²) in [6.07, 6.45) is 8.95. The van der Waals surface area contributed by atoms with Crippen molar-refractivity contribution in [1.29, 1.82) is 0 Å². The number of rotatable bonds is 13. The topological polar surface area (TPSA) is 270 Å². The molecule has 7 atom stereocenters. The zero-order valence-corrected chi connectivity index (χ0v) is 62.7. The Labute approximate surface area is 605 Å². The molecule has 1 aromatic rings. The first-order valence-corrected chi connectivity index (χ1v) is 37.8. The molecule has 0 radical (unpaired) electrons. The van der Waals surface area contributed by atoms with Crippen molar-refractivity contribution >= 4 is 82.5 Å². The summed E-state index contributed by atoms with van der Waals surface area (Å²) in [6.45, 7) is 4.89. The van der Waals surface area contributed by atoms with Crippen LogP contribution in [-0.2, 0) is 70.1 Å². The summed E-state index contributed by atoms with van der Waals surface area (Å²) in [4.78, 5) is 191. The van der Waals surface area contributed by atoms with E-state index >= 15 is 28.8 Å². The lowest BCUT2D eigenvalue weighted by Gasteiger charge is -2.43. The summed E-state index contributed by atoms with van der Waals surface area (Å²) in [7, 11) is 10.1. The van der Waals surface area contributed by atoms with Gasteiger partial charge in [-0.15, -0.1) is 0 Å². The number of carbonyl (C=O) groups excluding carboxylic acids is 12. The maximum Gasteiger partial charge on any atom is 0.417 e. The second-order valence-electron chi connectivity index (χ2n) is 30.4. The van der Waals surface area contributed by atoms with Crippen LogP contribution in [0.15, 0.2) is 18.2 Å². The number of amides is 12. The second kappa shape index (κ2) is 37.6. The van der Waals surface area contributed by atoms with E-state index in [9.17, 15) is 41.9 Å². The van der Waals surface area contributed by atoms with Crippen molar-refractivity contribution in [3.05, 3.63) is 34.3 Å². The van der Waals surface area contributed by atoms with Crippen molar-refractivity contribution in [3.63, 3.8) is 0 Å². The minimum Gasteiger partial charge on any atom is -0.343 e. The van der Waals surface area contributed by atoms with Gasteiger partial charge in [-0.2, -0.15) is 13.2 Å². The highest BCUT2D eigenvalue weighted by Crippen LogP contribution is 2.39. The van der Waals surface area contributed by atoms with E-state index in [1.807, 2.05) is 20.8 Å². The van der Waals surface area contributed by atoms with Gasteiger partial charge in [-0.3, -0.25) is 57.5 Å². The van der Waals surface area contributed by atoms with Gasteiger partial charge in [0.15, 0.2) is 0 Å². The molecular formula is C74H114ClF3N12O12. The molecule has 0 aromatic heterocycles. The molecule has 7 rings (SSSR count). The fourth-order valence-electron chi connectivity index (χ4n) is 16.1. The molecule has 0 unspecified atom stereocenters. The summed E-state index contributed by atoms with van der Waals surface area (Å²) in [6, 6.07) is -5.45. The Balaban J connectivity index is 1.29. The van der Waals surface area contributed by atoms with Crippen molar-refractivity contribution in [2.24, 2.45) is 17.8 Å². The molecule has 1 aromatic carbocycles. The van der Waals surface area contributed by atoms with Crippen molar-refractivity contribution in [2.45, 2.75) is 255 Å². The average molecular weight is 1460 g/mol. The van der Waals surface area contributed by atoms with E-state index in [2.05, 4.69) is 16.0 Å². The Bertz CT molecular complexity index is 3130. The summed E-state index contributed by atoms with van der Waals surface area (Å²) in [5.41, 5.74) is -2.33. The number of carbonyl (C=O) groups is 12. The monoisotopic (exact) mass is 1450 g/mol. The van der Waals surface area contributed by atoms with E-state index < -0.39 is 167 Å². The van der Waals surface area contributed by atoms with Crippen LogP contribution in [0.2, 0.25) is 5.02 Å². The van der Waals surface area contributed by atoms with Gasteiger partial charge in [-0.1, -0.05) is 122 Å². The number of benzene rings is 1. The first-order chi connectivity index (χ1) is 48.3. The Morgan fingerprint density at radius 3 is 1.81 bits per heavy atom. The van der Waals surface area contributed by atoms with Gasteiger partial charge in [-0.25, -0.2) is 0 Å². The minimum atomic E-state index is -4.76. The van der Waals surface area contributed by atoms with Crippen LogP contribution in [0.1, 0.15) is 205 Å². The number of hydrogen-bond acceptors (Lipinski definition) is 12. The lowest BCUT2D eigenvalue weighted by Crippen LogP contribution is -2.65. The van der Waals surface area contributed by atoms with Crippen molar-refractivity contribution in [2.75, 3.05) is 88.6 Å². The van der Waals surface area contributed by atoms with Crippen molar-refractivity contribution in [3.8, 4) is 0 Å². The zero-order valence-electron chi connectivity index (χ0n) is 62.0. The lowest BCUT2D eigenvalue weighted by atomic mass is 9.81. The fraction of sp³-hybridized carbons (Fsp3) is 0.757. The summed E-state index contributed by atoms with van der Waals surface area (Å²) >= 11 is 6.17. The van der Waals surface area contributed by atoms with Gasteiger partial charge in [0.25, 0.3) is 0 Å². The van der Waals surface area contributed by atoms with Crippen LogP contribution in [0.4, 0.5) is 13.2 Å². The number of alkyl halides is 3. The van der Waals surface area contributed by atoms with E-state index in [0.29, 0.717) is 76.4 Å². The molecule has 3 aliphatic carbocycles. The lowest BCUT2D eigenvalue weighted by molar-refractivity contribution is -0.157. The van der Waals surface area contributed by atoms with E-state index in [0.717, 1.165) is 86.1 Å². The van der Waals surface area contributed by atoms with E-state index in [1.54, 1.807) is 4.90 Å². The van der Waals surface area contributed by atoms with Crippen LogP contribution in [0.3, 0.4) is 0 Å². The number of nitrogens with one attached hydrogen (secondary N) is 3. The molecule has 102 heavy (non-hydrogen) atoms. The Morgan fingerprint density at radius 1 is 0.598 bits per heavy atom. The largest absolute Gasteiger partial charge is 0.417 e. The van der Waals surface area contributed by atoms with Gasteiger partial charge in [-0.05, 0) is 125 Å². The standard InChI is InChI=1S/C74H114ClF3N12O12/c1-11-12-16-30-54-67(97)84(6)46-62(93)82(4)47-63(94)86(8)58(43-49-26-17-13-18-27-49)69(99)83(5)45-60(91)79-55(35-33-50-32-34-52(53(75)42-50)74(76,77)78)68(98)90-40-25-31-56(90)66(96)81-73(36-21-22-37-73)72(102)88(10)64(51-28-19-14-20-29-51)71(101)87(9)59(70(100)89-38-23-15-24-39-89)44-61(92)85(7)57(41-48(2)3)65(95)80-54/h32,34,42,48-49,51,54-59,64H,11-31,33,35-41,43-47H2,1-10H3,(H,79,91)(H,80,95)(H,81,96)/t54-,55-,56-,57-,58-,59-,64-/m0/s1. The van der Waals surface area contributed by atoms with Gasteiger partial charge in [0.1, 0.15) is 47.8 Å². The van der Waals surface area contributed by atoms with E-state index in [-0.39, 0.29) is 69.7 Å². The number of halogens is 4. The van der Waals surface area contributed by atoms with Gasteiger partial charge in [0.2, 0.25) is 70.9 Å². The van der Waals surface area contributed by atoms with Crippen molar-refractivity contribution in [1.82, 2.24) is 60.0 Å². The highest BCUT2D eigenvalue weighted by Gasteiger charge is 2.51. The predicted molar refractivity (Wildman–Crippen MR) is 378 cm³/mol. The van der Waals surface area contributed by atoms with Crippen LogP contribution >= 0.6 is 11.6 Å². The average Bonchev–Trinajstić information content (AvgIpc) is 1.49. The van der Waals surface area contributed by atoms with Gasteiger partial charge in [0, 0.05) is 69.0 Å². The zero-order chi connectivity index (χ0) is 74.9. The first-order valence-electron chi connectivity index (χ1n) is 37.4. The third kappa shape index (κ3) is 21.3. The van der Waals surface area contributed by atoms with Crippen molar-refractivity contribution < 1.29 is 70.7 Å². The van der Waals surface area contributed by atoms with Crippen LogP contribution in [0.25, 0.3) is 0 Å². The van der Waals surface area contributed by atoms with E-state index in [4.69, 9.17) is 11.6 Å². The molecule has 1 spiro atoms. The Kier molecular flexibility index (Phi) is 30.3. The molecule has 3 heterocycles. The van der Waals surface area contributed by atoms with Gasteiger partial charge < -0.3 is 60.0 Å². The number of likely N-dealkylation sites (N-methyl/N-ethyl adjacent to an activating group) is 7. The maximum atomic E-state index is 15.8. The van der Waals surface area contributed by atoms with Crippen LogP contribution in [0, 0.1) is 17.8 Å². The molecule has 6 fully saturated rings. The van der Waals surface area contributed by atoms with Crippen LogP contribution < -0.4 is 16.0 Å². The smallest absolute Gasteiger partial charge is 0.343 e. The number of fused-ring (bicyclic) bond motifs is 1. The maximum absolute atomic E-state index is 15.8. The molecule has 3 aliphatic heterocycles. The second-order valence-corrected chi connectivity index (χ2v) is 30.8. The fourth-order valence-corrected chi connectivity index (χ4v) is 16.4. The Hall–Kier alpha value is -7.06. The number of hydrogen-bond donors (Lipinski definition) is 3. The molecule has 3 saturated heterocycles. The first kappa shape index (κ1) is 82.2. The number of piperidine rings is 1. The minimum absolute atomic E-state index is 0.0215. The summed E-state index contributed by atoms with van der Waals surface area (Å²) in [5.74, 6) is -8.10. The third-order valence-corrected chi connectivity index (χ3v) is 22.6. The Morgan fingerprint density at radius 2 is 1.20 bits per heavy atom. The molecule has 570 valence electrons. The third-order valence-electron chi connectivity index (χ3n) is 22.3. The summed E-state index contributed by atoms with van der Waals surface area (Å²) in [5, 5.41) is 8.22. The molecule has 0 bridgehead atoms. The summed E-state index contributed by atoms with van der Waals surface area (Å²) < 4.78 is 41.7. The SMILES string of the molecule is CCCCC[C@@H]1NC(=O)[C@H](CC(C)C)N(C)C(=O)C[C@@H](C(=O)N2CCCCC2)N(C)C(=O)[C@H](C2CCCCC2)N(C)C(=O)C2(CCCC2)NC(=O)[C@@H]2CCCN2C(=O)[C@H](CCc2ccc(C(F)(F)F)c(Cl)c2)NC(=O)CN(C)C(=O)[C@H](CC2CCCCC2)N(C)C(=O)CN(C)C(=O)CN(C)C1=O. The van der Waals surface area contributed by atoms with Gasteiger partial charge >= 0.3 is 6.18 Å². The molecule has 12 amide bonds. The number of unbranched alkanes of at least 4 members (excludes halogenated alkanes) is 2. The van der Waals surface area contributed by atoms with Crippen LogP contribution in [-0.4, -0.2) is 251 Å². The molecule has 28 heteroatoms. The highest BCUT2D eigenvalue weighted by molar-refractivity contribution is 6.31. The highest BCUT2D eigenvalue weighted by atomic mass is 35.5. The normalized spacial score (nSPS) is 26.3. The number of aryl methyl sites for hydroxylation is 1. The molecule has 3 N–H and O–H groups in total. The molecular weight excluding hydrogens is 1340 g/mol. The number of nitrogens with zero attached hydrogens (tertiary/aromatic N) is 9. The molecule has 3 saturated carbocycles. The number of likely N-dealkylation sites (tertiary alicyclic amines) is 1. The van der Waals surface area contributed by atoms with Crippen LogP contribution in [0.5, 0.6) is 0 Å². The molecule has 24 nitrogen and oxygen atoms in total. The van der Waals surface area contributed by atoms with Gasteiger partial charge in [0.05, 0.1) is 36.6 Å². The van der Waals surface area contributed by atoms with E-state index in [1.165, 1.54) is 84.8 Å².